The van der Waals surface area contributed by atoms with E-state index in [0.29, 0.717) is 29.1 Å². The zero-order chi connectivity index (χ0) is 32.5. The first-order valence-corrected chi connectivity index (χ1v) is 15.3. The summed E-state index contributed by atoms with van der Waals surface area (Å²) in [4.78, 5) is 46.8. The average molecular weight is 648 g/mol. The minimum atomic E-state index is -4.54. The molecule has 0 unspecified atom stereocenters. The molecule has 2 aliphatic rings. The molecular weight excluding hydrogens is 611 g/mol. The van der Waals surface area contributed by atoms with Crippen molar-refractivity contribution < 1.29 is 18.0 Å². The molecule has 0 bridgehead atoms. The lowest BCUT2D eigenvalue weighted by molar-refractivity contribution is -0.115. The largest absolute Gasteiger partial charge is 0.405 e. The molecule has 0 spiro atoms. The maximum atomic E-state index is 12.6. The lowest BCUT2D eigenvalue weighted by atomic mass is 9.97. The lowest BCUT2D eigenvalue weighted by Gasteiger charge is -2.49. The van der Waals surface area contributed by atoms with Crippen LogP contribution in [0.1, 0.15) is 39.2 Å². The predicted octanol–water partition coefficient (Wildman–Crippen LogP) is 4.57. The van der Waals surface area contributed by atoms with E-state index in [9.17, 15) is 27.6 Å². The second kappa shape index (κ2) is 13.4. The van der Waals surface area contributed by atoms with Crippen molar-refractivity contribution in [3.8, 4) is 0 Å². The smallest absolute Gasteiger partial charge is 0.371 e. The zero-order valence-electron chi connectivity index (χ0n) is 25.4. The molecule has 2 aliphatic heterocycles. The molecule has 0 saturated carbocycles. The van der Waals surface area contributed by atoms with Crippen molar-refractivity contribution in [2.45, 2.75) is 64.5 Å². The van der Waals surface area contributed by atoms with E-state index < -0.39 is 29.3 Å². The minimum absolute atomic E-state index is 0.0841. The quantitative estimate of drug-likeness (QED) is 0.288. The van der Waals surface area contributed by atoms with Gasteiger partial charge in [-0.2, -0.15) is 13.2 Å². The molecule has 45 heavy (non-hydrogen) atoms. The maximum absolute atomic E-state index is 12.6. The van der Waals surface area contributed by atoms with Crippen LogP contribution in [0.25, 0.3) is 0 Å². The summed E-state index contributed by atoms with van der Waals surface area (Å²) in [6, 6.07) is 10.4. The first-order valence-electron chi connectivity index (χ1n) is 15.0. The van der Waals surface area contributed by atoms with Gasteiger partial charge in [-0.15, -0.1) is 0 Å². The number of halogens is 4. The molecule has 3 aromatic rings. The van der Waals surface area contributed by atoms with Crippen LogP contribution < -0.4 is 31.7 Å². The maximum Gasteiger partial charge on any atom is 0.405 e. The van der Waals surface area contributed by atoms with Crippen LogP contribution in [0, 0.1) is 0 Å². The number of aromatic nitrogens is 1. The fourth-order valence-corrected chi connectivity index (χ4v) is 6.52. The van der Waals surface area contributed by atoms with Crippen molar-refractivity contribution in [3.05, 3.63) is 67.6 Å². The lowest BCUT2D eigenvalue weighted by Crippen LogP contribution is -2.61. The van der Waals surface area contributed by atoms with Crippen molar-refractivity contribution in [1.29, 1.82) is 0 Å². The minimum Gasteiger partial charge on any atom is -0.371 e. The van der Waals surface area contributed by atoms with Crippen LogP contribution in [-0.2, 0) is 11.3 Å². The van der Waals surface area contributed by atoms with E-state index in [0.717, 1.165) is 44.7 Å². The molecule has 1 amide bonds. The van der Waals surface area contributed by atoms with E-state index in [4.69, 9.17) is 11.6 Å². The summed E-state index contributed by atoms with van der Waals surface area (Å²) in [6.07, 6.45) is -0.948. The van der Waals surface area contributed by atoms with E-state index >= 15 is 0 Å². The van der Waals surface area contributed by atoms with Crippen LogP contribution in [0.2, 0.25) is 5.02 Å². The van der Waals surface area contributed by atoms with Crippen LogP contribution in [0.5, 0.6) is 0 Å². The van der Waals surface area contributed by atoms with Crippen LogP contribution in [0.15, 0.2) is 46.1 Å². The van der Waals surface area contributed by atoms with E-state index in [1.807, 2.05) is 17.4 Å². The number of pyridine rings is 1. The molecule has 10 nitrogen and oxygen atoms in total. The number of alkyl halides is 3. The van der Waals surface area contributed by atoms with Crippen molar-refractivity contribution >= 4 is 46.1 Å². The van der Waals surface area contributed by atoms with Crippen molar-refractivity contribution in [2.24, 2.45) is 0 Å². The third kappa shape index (κ3) is 7.77. The number of amides is 1. The Bertz CT molecular complexity index is 1590. The molecule has 242 valence electrons. The molecule has 3 heterocycles. The number of anilines is 5. The summed E-state index contributed by atoms with van der Waals surface area (Å²) < 4.78 is 37.8. The third-order valence-electron chi connectivity index (χ3n) is 8.48. The van der Waals surface area contributed by atoms with Crippen LogP contribution in [0.4, 0.5) is 41.7 Å². The van der Waals surface area contributed by atoms with E-state index in [2.05, 4.69) is 56.3 Å². The third-order valence-corrected chi connectivity index (χ3v) is 8.76. The van der Waals surface area contributed by atoms with Gasteiger partial charge in [0, 0.05) is 50.4 Å². The predicted molar refractivity (Wildman–Crippen MR) is 170 cm³/mol. The second-order valence-electron chi connectivity index (χ2n) is 12.0. The Balaban J connectivity index is 1.15. The van der Waals surface area contributed by atoms with Crippen LogP contribution >= 0.6 is 11.6 Å². The standard InChI is InChI=1S/C31H37ClF3N7O3/c1-18-15-42(30-25(32)12-23(13-36-30)39-27-26(28(44)29(27)45)37-17-31(33,34)35)19(2)14-41(18)24-8-10-40(11-9-24)16-21-4-6-22(7-5-21)38-20(3)43/h4-7,12-13,18-19,24,37,39H,8-11,14-17H2,1-3H3,(H,38,43)/t18-,19+/m1/s1. The number of carbonyl (C=O) groups excluding carboxylic acids is 1. The highest BCUT2D eigenvalue weighted by Gasteiger charge is 2.36. The monoisotopic (exact) mass is 647 g/mol. The normalized spacial score (nSPS) is 20.4. The van der Waals surface area contributed by atoms with Crippen molar-refractivity contribution in [1.82, 2.24) is 14.8 Å². The Kier molecular flexibility index (Phi) is 9.71. The van der Waals surface area contributed by atoms with Gasteiger partial charge in [0.2, 0.25) is 5.91 Å². The Morgan fingerprint density at radius 2 is 1.67 bits per heavy atom. The molecule has 2 fully saturated rings. The Hall–Kier alpha value is -3.68. The molecule has 3 N–H and O–H groups in total. The summed E-state index contributed by atoms with van der Waals surface area (Å²) in [5, 5.41) is 7.82. The Labute approximate surface area is 264 Å². The fourth-order valence-electron chi connectivity index (χ4n) is 6.24. The number of nitrogens with zero attached hydrogens (tertiary/aromatic N) is 4. The molecule has 0 aliphatic carbocycles. The number of nitrogens with one attached hydrogen (secondary N) is 3. The van der Waals surface area contributed by atoms with Gasteiger partial charge in [0.15, 0.2) is 0 Å². The van der Waals surface area contributed by atoms with Crippen LogP contribution in [0.3, 0.4) is 0 Å². The van der Waals surface area contributed by atoms with Gasteiger partial charge in [0.05, 0.1) is 16.9 Å². The van der Waals surface area contributed by atoms with Gasteiger partial charge < -0.3 is 20.9 Å². The summed E-state index contributed by atoms with van der Waals surface area (Å²) in [7, 11) is 0. The summed E-state index contributed by atoms with van der Waals surface area (Å²) in [5.74, 6) is 0.500. The number of likely N-dealkylation sites (tertiary alicyclic amines) is 1. The van der Waals surface area contributed by atoms with Gasteiger partial charge in [-0.25, -0.2) is 4.98 Å². The number of hydrogen-bond acceptors (Lipinski definition) is 9. The average Bonchev–Trinajstić information content (AvgIpc) is 2.98. The van der Waals surface area contributed by atoms with E-state index in [1.54, 1.807) is 6.07 Å². The van der Waals surface area contributed by atoms with Gasteiger partial charge in [-0.05, 0) is 63.5 Å². The topological polar surface area (TPSA) is 110 Å². The highest BCUT2D eigenvalue weighted by molar-refractivity contribution is 6.33. The number of piperazine rings is 1. The SMILES string of the molecule is CC(=O)Nc1ccc(CN2CCC(N3C[C@H](C)N(c4ncc(Nc5c(NCC(F)(F)F)c(=O)c5=O)cc4Cl)C[C@H]3C)CC2)cc1. The van der Waals surface area contributed by atoms with Crippen molar-refractivity contribution in [2.75, 3.05) is 53.6 Å². The fraction of sp³-hybridized carbons (Fsp3) is 0.484. The van der Waals surface area contributed by atoms with Crippen molar-refractivity contribution in [3.63, 3.8) is 0 Å². The van der Waals surface area contributed by atoms with E-state index in [-0.39, 0.29) is 23.7 Å². The number of benzene rings is 1. The molecule has 5 rings (SSSR count). The summed E-state index contributed by atoms with van der Waals surface area (Å²) in [6.45, 7) is 8.82. The molecule has 14 heteroatoms. The highest BCUT2D eigenvalue weighted by Crippen LogP contribution is 2.33. The highest BCUT2D eigenvalue weighted by atomic mass is 35.5. The number of rotatable bonds is 9. The summed E-state index contributed by atoms with van der Waals surface area (Å²) >= 11 is 6.63. The number of carbonyl (C=O) groups is 1. The van der Waals surface area contributed by atoms with Gasteiger partial charge in [0.1, 0.15) is 23.7 Å². The molecule has 0 radical (unpaired) electrons. The van der Waals surface area contributed by atoms with E-state index in [1.165, 1.54) is 18.7 Å². The Morgan fingerprint density at radius 3 is 2.29 bits per heavy atom. The Morgan fingerprint density at radius 1 is 1.00 bits per heavy atom. The molecular formula is C31H37ClF3N7O3. The molecule has 2 saturated heterocycles. The molecule has 2 aromatic carbocycles. The number of piperidine rings is 1. The van der Waals surface area contributed by atoms with Gasteiger partial charge in [-0.1, -0.05) is 23.7 Å². The molecule has 1 aromatic heterocycles. The van der Waals surface area contributed by atoms with Gasteiger partial charge in [-0.3, -0.25) is 24.2 Å². The first-order chi connectivity index (χ1) is 21.3. The number of hydrogen-bond donors (Lipinski definition) is 3. The summed E-state index contributed by atoms with van der Waals surface area (Å²) in [5.41, 5.74) is -0.241. The van der Waals surface area contributed by atoms with Gasteiger partial charge in [0.25, 0.3) is 10.9 Å². The molecule has 2 atom stereocenters. The first kappa shape index (κ1) is 32.7. The second-order valence-corrected chi connectivity index (χ2v) is 12.4. The van der Waals surface area contributed by atoms with Gasteiger partial charge >= 0.3 is 6.18 Å². The van der Waals surface area contributed by atoms with Crippen LogP contribution in [-0.4, -0.2) is 77.7 Å². The zero-order valence-corrected chi connectivity index (χ0v) is 26.1.